The Labute approximate surface area is 120 Å². The van der Waals surface area contributed by atoms with Crippen LogP contribution in [0.3, 0.4) is 0 Å². The lowest BCUT2D eigenvalue weighted by Gasteiger charge is -2.29. The summed E-state index contributed by atoms with van der Waals surface area (Å²) in [5.74, 6) is -0.905. The van der Waals surface area contributed by atoms with E-state index in [1.807, 2.05) is 6.92 Å². The molecule has 2 heterocycles. The zero-order chi connectivity index (χ0) is 15.6. The van der Waals surface area contributed by atoms with Gasteiger partial charge in [-0.1, -0.05) is 0 Å². The molecular formula is C13H17F3N4O. The van der Waals surface area contributed by atoms with Gasteiger partial charge in [0.05, 0.1) is 5.56 Å². The van der Waals surface area contributed by atoms with Gasteiger partial charge in [0.25, 0.3) is 5.91 Å². The third-order valence-corrected chi connectivity index (χ3v) is 3.42. The van der Waals surface area contributed by atoms with Crippen LogP contribution in [0.1, 0.15) is 35.8 Å². The van der Waals surface area contributed by atoms with E-state index in [1.54, 1.807) is 0 Å². The largest absolute Gasteiger partial charge is 0.433 e. The quantitative estimate of drug-likeness (QED) is 0.794. The molecule has 1 saturated heterocycles. The van der Waals surface area contributed by atoms with Crippen LogP contribution in [0.25, 0.3) is 0 Å². The molecule has 1 aliphatic rings. The number of aromatic nitrogens is 1. The van der Waals surface area contributed by atoms with E-state index in [9.17, 15) is 18.0 Å². The van der Waals surface area contributed by atoms with Crippen LogP contribution >= 0.6 is 0 Å². The summed E-state index contributed by atoms with van der Waals surface area (Å²) in [5.41, 5.74) is 4.12. The Bertz CT molecular complexity index is 533. The molecule has 0 saturated carbocycles. The summed E-state index contributed by atoms with van der Waals surface area (Å²) in [6.07, 6.45) is -3.09. The van der Waals surface area contributed by atoms with Gasteiger partial charge >= 0.3 is 6.18 Å². The molecule has 2 unspecified atom stereocenters. The molecule has 8 heteroatoms. The second-order valence-electron chi connectivity index (χ2n) is 5.18. The third kappa shape index (κ3) is 3.84. The van der Waals surface area contributed by atoms with Crippen LogP contribution in [-0.2, 0) is 6.18 Å². The van der Waals surface area contributed by atoms with Crippen molar-refractivity contribution in [3.8, 4) is 0 Å². The Balaban J connectivity index is 2.28. The Hall–Kier alpha value is -1.83. The number of hydrogen-bond acceptors (Lipinski definition) is 4. The topological polar surface area (TPSA) is 80.0 Å². The zero-order valence-electron chi connectivity index (χ0n) is 11.5. The summed E-state index contributed by atoms with van der Waals surface area (Å²) in [7, 11) is 0. The van der Waals surface area contributed by atoms with Crippen molar-refractivity contribution < 1.29 is 18.0 Å². The van der Waals surface area contributed by atoms with E-state index in [0.717, 1.165) is 31.5 Å². The monoisotopic (exact) mass is 302 g/mol. The summed E-state index contributed by atoms with van der Waals surface area (Å²) in [4.78, 5) is 14.9. The molecule has 2 rings (SSSR count). The molecule has 0 aliphatic carbocycles. The highest BCUT2D eigenvalue weighted by atomic mass is 19.4. The first-order valence-electron chi connectivity index (χ1n) is 6.65. The molecule has 4 N–H and O–H groups in total. The van der Waals surface area contributed by atoms with Gasteiger partial charge in [0.15, 0.2) is 0 Å². The van der Waals surface area contributed by atoms with E-state index in [0.29, 0.717) is 0 Å². The van der Waals surface area contributed by atoms with Crippen molar-refractivity contribution in [1.82, 2.24) is 10.3 Å². The predicted molar refractivity (Wildman–Crippen MR) is 71.9 cm³/mol. The fraction of sp³-hybridized carbons (Fsp3) is 0.538. The van der Waals surface area contributed by atoms with Crippen molar-refractivity contribution >= 4 is 11.7 Å². The van der Waals surface area contributed by atoms with E-state index in [-0.39, 0.29) is 23.5 Å². The maximum atomic E-state index is 12.7. The molecule has 0 bridgehead atoms. The highest BCUT2D eigenvalue weighted by Crippen LogP contribution is 2.30. The van der Waals surface area contributed by atoms with Crippen LogP contribution in [0.15, 0.2) is 12.1 Å². The first-order valence-corrected chi connectivity index (χ1v) is 6.65. The number of piperidine rings is 1. The Morgan fingerprint density at radius 2 is 2.19 bits per heavy atom. The molecule has 0 spiro atoms. The van der Waals surface area contributed by atoms with Gasteiger partial charge in [-0.15, -0.1) is 0 Å². The normalized spacial score (nSPS) is 22.9. The van der Waals surface area contributed by atoms with E-state index in [4.69, 9.17) is 5.73 Å². The number of rotatable bonds is 3. The summed E-state index contributed by atoms with van der Waals surface area (Å²) < 4.78 is 38.2. The number of alkyl halides is 3. The molecule has 116 valence electrons. The van der Waals surface area contributed by atoms with Crippen LogP contribution in [0.4, 0.5) is 19.0 Å². The van der Waals surface area contributed by atoms with E-state index >= 15 is 0 Å². The minimum Gasteiger partial charge on any atom is -0.367 e. The second kappa shape index (κ2) is 5.88. The van der Waals surface area contributed by atoms with Crippen LogP contribution in [0.5, 0.6) is 0 Å². The van der Waals surface area contributed by atoms with Gasteiger partial charge in [0, 0.05) is 12.1 Å². The summed E-state index contributed by atoms with van der Waals surface area (Å²) >= 11 is 0. The predicted octanol–water partition coefficient (Wildman–Crippen LogP) is 1.75. The number of nitrogens with two attached hydrogens (primary N) is 1. The molecule has 0 aromatic carbocycles. The highest BCUT2D eigenvalue weighted by Gasteiger charge is 2.33. The number of primary amides is 1. The van der Waals surface area contributed by atoms with Crippen molar-refractivity contribution in [2.75, 3.05) is 11.9 Å². The molecule has 1 aliphatic heterocycles. The number of nitrogens with zero attached hydrogens (tertiary/aromatic N) is 1. The molecular weight excluding hydrogens is 285 g/mol. The molecule has 1 aromatic rings. The Morgan fingerprint density at radius 1 is 1.48 bits per heavy atom. The molecule has 1 fully saturated rings. The van der Waals surface area contributed by atoms with Crippen molar-refractivity contribution in [3.63, 3.8) is 0 Å². The maximum Gasteiger partial charge on any atom is 0.433 e. The lowest BCUT2D eigenvalue weighted by Crippen LogP contribution is -2.41. The molecule has 1 aromatic heterocycles. The van der Waals surface area contributed by atoms with Gasteiger partial charge in [-0.05, 0) is 38.4 Å². The SMILES string of the molecule is CC1CC(Nc2nc(C(F)(F)F)ccc2C(N)=O)CCN1. The number of amides is 1. The van der Waals surface area contributed by atoms with E-state index < -0.39 is 17.8 Å². The minimum atomic E-state index is -4.56. The van der Waals surface area contributed by atoms with E-state index in [1.165, 1.54) is 0 Å². The van der Waals surface area contributed by atoms with Gasteiger partial charge in [-0.25, -0.2) is 4.98 Å². The molecule has 21 heavy (non-hydrogen) atoms. The van der Waals surface area contributed by atoms with Gasteiger partial charge in [-0.3, -0.25) is 4.79 Å². The average Bonchev–Trinajstić information content (AvgIpc) is 2.37. The molecule has 0 radical (unpaired) electrons. The zero-order valence-corrected chi connectivity index (χ0v) is 11.5. The summed E-state index contributed by atoms with van der Waals surface area (Å²) in [6, 6.07) is 2.02. The molecule has 5 nitrogen and oxygen atoms in total. The Kier molecular flexibility index (Phi) is 4.36. The second-order valence-corrected chi connectivity index (χ2v) is 5.18. The smallest absolute Gasteiger partial charge is 0.367 e. The fourth-order valence-electron chi connectivity index (χ4n) is 2.38. The first-order chi connectivity index (χ1) is 9.77. The van der Waals surface area contributed by atoms with E-state index in [2.05, 4.69) is 15.6 Å². The first kappa shape index (κ1) is 15.6. The number of nitrogens with one attached hydrogen (secondary N) is 2. The fourth-order valence-corrected chi connectivity index (χ4v) is 2.38. The number of pyridine rings is 1. The molecule has 2 atom stereocenters. The van der Waals surface area contributed by atoms with Crippen LogP contribution in [0.2, 0.25) is 0 Å². The number of hydrogen-bond donors (Lipinski definition) is 3. The van der Waals surface area contributed by atoms with Crippen LogP contribution < -0.4 is 16.4 Å². The maximum absolute atomic E-state index is 12.7. The van der Waals surface area contributed by atoms with Gasteiger partial charge in [0.1, 0.15) is 11.5 Å². The Morgan fingerprint density at radius 3 is 2.76 bits per heavy atom. The minimum absolute atomic E-state index is 0.0332. The lowest BCUT2D eigenvalue weighted by molar-refractivity contribution is -0.141. The third-order valence-electron chi connectivity index (χ3n) is 3.42. The van der Waals surface area contributed by atoms with Gasteiger partial charge in [-0.2, -0.15) is 13.2 Å². The highest BCUT2D eigenvalue weighted by molar-refractivity contribution is 5.97. The number of halogens is 3. The summed E-state index contributed by atoms with van der Waals surface area (Å²) in [6.45, 7) is 2.74. The lowest BCUT2D eigenvalue weighted by atomic mass is 10.0. The average molecular weight is 302 g/mol. The van der Waals surface area contributed by atoms with Crippen LogP contribution in [0, 0.1) is 0 Å². The number of carbonyl (C=O) groups is 1. The molecule has 1 amide bonds. The van der Waals surface area contributed by atoms with Gasteiger partial charge in [0.2, 0.25) is 0 Å². The van der Waals surface area contributed by atoms with Crippen LogP contribution in [-0.4, -0.2) is 29.5 Å². The van der Waals surface area contributed by atoms with Crippen molar-refractivity contribution in [2.24, 2.45) is 5.73 Å². The number of carbonyl (C=O) groups excluding carboxylic acids is 1. The van der Waals surface area contributed by atoms with Crippen molar-refractivity contribution in [2.45, 2.75) is 38.0 Å². The number of anilines is 1. The standard InChI is InChI=1S/C13H17F3N4O/c1-7-6-8(4-5-18-7)19-12-9(11(17)21)2-3-10(20-12)13(14,15)16/h2-3,7-8,18H,4-6H2,1H3,(H2,17,21)(H,19,20). The summed E-state index contributed by atoms with van der Waals surface area (Å²) in [5, 5.41) is 6.16. The van der Waals surface area contributed by atoms with Crippen molar-refractivity contribution in [3.05, 3.63) is 23.4 Å². The van der Waals surface area contributed by atoms with Gasteiger partial charge < -0.3 is 16.4 Å². The van der Waals surface area contributed by atoms with Crippen molar-refractivity contribution in [1.29, 1.82) is 0 Å².